The molecule has 0 atom stereocenters. The number of furan rings is 1. The number of ether oxygens (including phenoxy) is 1. The number of carboxylic acids is 1. The highest BCUT2D eigenvalue weighted by Gasteiger charge is 2.26. The van der Waals surface area contributed by atoms with E-state index in [1.807, 2.05) is 6.07 Å². The maximum absolute atomic E-state index is 14.7. The summed E-state index contributed by atoms with van der Waals surface area (Å²) >= 11 is 0. The van der Waals surface area contributed by atoms with Gasteiger partial charge >= 0.3 is 11.9 Å². The molecule has 9 heteroatoms. The Hall–Kier alpha value is -3.20. The van der Waals surface area contributed by atoms with Crippen LogP contribution in [0.3, 0.4) is 0 Å². The molecule has 3 aromatic rings. The second kappa shape index (κ2) is 7.67. The van der Waals surface area contributed by atoms with Gasteiger partial charge in [-0.25, -0.2) is 14.0 Å². The van der Waals surface area contributed by atoms with Crippen molar-refractivity contribution in [2.75, 3.05) is 11.9 Å². The first-order valence-corrected chi connectivity index (χ1v) is 12.5. The zero-order valence-corrected chi connectivity index (χ0v) is 17.5. The number of anilines is 2. The minimum absolute atomic E-state index is 0.00514. The summed E-state index contributed by atoms with van der Waals surface area (Å²) in [4.78, 5) is 27.8. The number of aromatic carboxylic acids is 1. The van der Waals surface area contributed by atoms with Gasteiger partial charge in [-0.05, 0) is 19.1 Å². The SMILES string of the molecule is CCOC(=O)c1cncc2c(Nc3ccc([Si](C)(C)C)cc3F)c(C(=O)O)oc12. The molecular formula is C20H21FN2O5Si. The lowest BCUT2D eigenvalue weighted by Gasteiger charge is -2.17. The van der Waals surface area contributed by atoms with Crippen LogP contribution < -0.4 is 10.5 Å². The third-order valence-corrected chi connectivity index (χ3v) is 6.42. The number of hydrogen-bond donors (Lipinski definition) is 2. The summed E-state index contributed by atoms with van der Waals surface area (Å²) in [7, 11) is -1.71. The van der Waals surface area contributed by atoms with E-state index in [4.69, 9.17) is 9.15 Å². The fraction of sp³-hybridized carbons (Fsp3) is 0.250. The number of aromatic nitrogens is 1. The van der Waals surface area contributed by atoms with Gasteiger partial charge < -0.3 is 19.6 Å². The van der Waals surface area contributed by atoms with Crippen LogP contribution in [0.4, 0.5) is 15.8 Å². The van der Waals surface area contributed by atoms with Gasteiger partial charge in [-0.1, -0.05) is 30.9 Å². The second-order valence-corrected chi connectivity index (χ2v) is 12.5. The van der Waals surface area contributed by atoms with E-state index in [1.54, 1.807) is 13.0 Å². The van der Waals surface area contributed by atoms with Crippen LogP contribution in [0, 0.1) is 5.82 Å². The van der Waals surface area contributed by atoms with Gasteiger partial charge in [0.1, 0.15) is 17.1 Å². The number of rotatable bonds is 6. The predicted octanol–water partition coefficient (Wildman–Crippen LogP) is 4.13. The van der Waals surface area contributed by atoms with E-state index in [0.29, 0.717) is 0 Å². The van der Waals surface area contributed by atoms with E-state index in [9.17, 15) is 19.1 Å². The lowest BCUT2D eigenvalue weighted by molar-refractivity contribution is 0.0524. The molecule has 0 spiro atoms. The van der Waals surface area contributed by atoms with E-state index >= 15 is 0 Å². The van der Waals surface area contributed by atoms with Crippen LogP contribution in [-0.4, -0.2) is 36.7 Å². The molecule has 0 bridgehead atoms. The third kappa shape index (κ3) is 3.99. The van der Waals surface area contributed by atoms with E-state index in [-0.39, 0.29) is 34.5 Å². The van der Waals surface area contributed by atoms with Crippen LogP contribution in [0.15, 0.2) is 35.0 Å². The minimum Gasteiger partial charge on any atom is -0.475 e. The molecule has 1 aromatic carbocycles. The van der Waals surface area contributed by atoms with Crippen molar-refractivity contribution in [3.63, 3.8) is 0 Å². The molecule has 0 aliphatic carbocycles. The monoisotopic (exact) mass is 416 g/mol. The van der Waals surface area contributed by atoms with E-state index in [2.05, 4.69) is 29.9 Å². The number of nitrogens with one attached hydrogen (secondary N) is 1. The summed E-state index contributed by atoms with van der Waals surface area (Å²) in [5.74, 6) is -3.01. The van der Waals surface area contributed by atoms with Gasteiger partial charge in [-0.2, -0.15) is 0 Å². The summed E-state index contributed by atoms with van der Waals surface area (Å²) < 4.78 is 25.1. The molecule has 0 aliphatic heterocycles. The molecule has 0 radical (unpaired) electrons. The molecule has 29 heavy (non-hydrogen) atoms. The number of benzene rings is 1. The zero-order valence-electron chi connectivity index (χ0n) is 16.5. The molecule has 152 valence electrons. The number of nitrogens with zero attached hydrogens (tertiary/aromatic N) is 1. The van der Waals surface area contributed by atoms with Gasteiger partial charge in [-0.3, -0.25) is 4.98 Å². The van der Waals surface area contributed by atoms with Crippen molar-refractivity contribution >= 4 is 47.5 Å². The summed E-state index contributed by atoms with van der Waals surface area (Å²) in [6.07, 6.45) is 2.59. The van der Waals surface area contributed by atoms with Gasteiger partial charge in [0.2, 0.25) is 5.76 Å². The largest absolute Gasteiger partial charge is 0.475 e. The molecular weight excluding hydrogens is 395 g/mol. The highest BCUT2D eigenvalue weighted by atomic mass is 28.3. The molecule has 7 nitrogen and oxygen atoms in total. The molecule has 3 rings (SSSR count). The van der Waals surface area contributed by atoms with Crippen LogP contribution in [0.1, 0.15) is 27.8 Å². The summed E-state index contributed by atoms with van der Waals surface area (Å²) in [6.45, 7) is 8.09. The lowest BCUT2D eigenvalue weighted by Crippen LogP contribution is -2.37. The van der Waals surface area contributed by atoms with E-state index < -0.39 is 31.6 Å². The Kier molecular flexibility index (Phi) is 5.43. The Balaban J connectivity index is 2.12. The molecule has 2 aromatic heterocycles. The minimum atomic E-state index is -1.71. The number of pyridine rings is 1. The van der Waals surface area contributed by atoms with Crippen LogP contribution in [-0.2, 0) is 4.74 Å². The first-order chi connectivity index (χ1) is 13.6. The molecule has 2 N–H and O–H groups in total. The summed E-state index contributed by atoms with van der Waals surface area (Å²) in [6, 6.07) is 4.85. The van der Waals surface area contributed by atoms with Crippen LogP contribution in [0.5, 0.6) is 0 Å². The van der Waals surface area contributed by atoms with Gasteiger partial charge in [0, 0.05) is 12.4 Å². The summed E-state index contributed by atoms with van der Waals surface area (Å²) in [5, 5.41) is 13.5. The van der Waals surface area contributed by atoms with Crippen molar-refractivity contribution < 1.29 is 28.2 Å². The highest BCUT2D eigenvalue weighted by molar-refractivity contribution is 6.88. The first-order valence-electron chi connectivity index (χ1n) is 9.01. The second-order valence-electron chi connectivity index (χ2n) is 7.47. The number of halogens is 1. The number of carboxylic acid groups (broad SMARTS) is 1. The normalized spacial score (nSPS) is 11.5. The number of esters is 1. The fourth-order valence-corrected chi connectivity index (χ4v) is 4.00. The standard InChI is InChI=1S/C20H21FN2O5Si/c1-5-27-20(26)13-10-22-9-12-16(18(19(24)25)28-17(12)13)23-15-7-6-11(8-14(15)21)29(2,3)4/h6-10,23H,5H2,1-4H3,(H,24,25). The van der Waals surface area contributed by atoms with Crippen molar-refractivity contribution in [1.82, 2.24) is 4.98 Å². The Labute approximate surface area is 167 Å². The van der Waals surface area contributed by atoms with Crippen LogP contribution in [0.2, 0.25) is 19.6 Å². The molecule has 0 fully saturated rings. The van der Waals surface area contributed by atoms with Crippen molar-refractivity contribution in [3.8, 4) is 0 Å². The fourth-order valence-electron chi connectivity index (χ4n) is 2.86. The number of carbonyl (C=O) groups is 2. The molecule has 0 unspecified atom stereocenters. The lowest BCUT2D eigenvalue weighted by atomic mass is 10.2. The Morgan fingerprint density at radius 2 is 2.00 bits per heavy atom. The van der Waals surface area contributed by atoms with Gasteiger partial charge in [0.05, 0.1) is 25.8 Å². The van der Waals surface area contributed by atoms with E-state index in [0.717, 1.165) is 5.19 Å². The van der Waals surface area contributed by atoms with Crippen LogP contribution >= 0.6 is 0 Å². The maximum atomic E-state index is 14.7. The van der Waals surface area contributed by atoms with E-state index in [1.165, 1.54) is 18.5 Å². The van der Waals surface area contributed by atoms with Crippen molar-refractivity contribution in [2.24, 2.45) is 0 Å². The molecule has 0 saturated carbocycles. The van der Waals surface area contributed by atoms with Gasteiger partial charge in [0.15, 0.2) is 5.58 Å². The molecule has 0 amide bonds. The average molecular weight is 416 g/mol. The first kappa shape index (κ1) is 20.5. The van der Waals surface area contributed by atoms with Gasteiger partial charge in [-0.15, -0.1) is 0 Å². The van der Waals surface area contributed by atoms with Crippen molar-refractivity contribution in [3.05, 3.63) is 47.7 Å². The van der Waals surface area contributed by atoms with Gasteiger partial charge in [0.25, 0.3) is 0 Å². The average Bonchev–Trinajstić information content (AvgIpc) is 3.01. The maximum Gasteiger partial charge on any atom is 0.374 e. The molecule has 0 saturated heterocycles. The number of fused-ring (bicyclic) bond motifs is 1. The Morgan fingerprint density at radius 1 is 1.28 bits per heavy atom. The Bertz CT molecular complexity index is 1100. The predicted molar refractivity (Wildman–Crippen MR) is 110 cm³/mol. The third-order valence-electron chi connectivity index (χ3n) is 4.38. The van der Waals surface area contributed by atoms with Crippen molar-refractivity contribution in [2.45, 2.75) is 26.6 Å². The topological polar surface area (TPSA) is 102 Å². The number of carbonyl (C=O) groups excluding carboxylic acids is 1. The number of hydrogen-bond acceptors (Lipinski definition) is 6. The smallest absolute Gasteiger partial charge is 0.374 e. The molecule has 2 heterocycles. The van der Waals surface area contributed by atoms with Crippen molar-refractivity contribution in [1.29, 1.82) is 0 Å². The quantitative estimate of drug-likeness (QED) is 0.460. The summed E-state index contributed by atoms with van der Waals surface area (Å²) in [5.41, 5.74) is 0.122. The Morgan fingerprint density at radius 3 is 2.59 bits per heavy atom. The molecule has 0 aliphatic rings. The highest BCUT2D eigenvalue weighted by Crippen LogP contribution is 2.35. The zero-order chi connectivity index (χ0) is 21.3. The van der Waals surface area contributed by atoms with Crippen LogP contribution in [0.25, 0.3) is 11.0 Å².